The molecule has 0 spiro atoms. The summed E-state index contributed by atoms with van der Waals surface area (Å²) in [6.07, 6.45) is 3.61. The van der Waals surface area contributed by atoms with Gasteiger partial charge in [-0.3, -0.25) is 9.67 Å². The van der Waals surface area contributed by atoms with Crippen molar-refractivity contribution in [3.8, 4) is 0 Å². The second kappa shape index (κ2) is 5.18. The first kappa shape index (κ1) is 12.6. The van der Waals surface area contributed by atoms with Crippen molar-refractivity contribution in [3.63, 3.8) is 0 Å². The summed E-state index contributed by atoms with van der Waals surface area (Å²) in [5, 5.41) is 4.43. The second-order valence-electron chi connectivity index (χ2n) is 4.43. The Morgan fingerprint density at radius 2 is 2.00 bits per heavy atom. The van der Waals surface area contributed by atoms with E-state index in [9.17, 15) is 0 Å². The number of anilines is 1. The van der Waals surface area contributed by atoms with Crippen molar-refractivity contribution in [2.45, 2.75) is 20.0 Å². The third-order valence-corrected chi connectivity index (χ3v) is 3.05. The average molecular weight is 245 g/mol. The van der Waals surface area contributed by atoms with Crippen LogP contribution in [0.5, 0.6) is 0 Å². The maximum absolute atomic E-state index is 5.81. The van der Waals surface area contributed by atoms with Crippen LogP contribution in [0, 0.1) is 6.92 Å². The Balaban J connectivity index is 2.26. The minimum atomic E-state index is 0.510. The molecule has 0 fully saturated rings. The Hall–Kier alpha value is -1.88. The summed E-state index contributed by atoms with van der Waals surface area (Å²) in [7, 11) is 4.00. The van der Waals surface area contributed by atoms with Gasteiger partial charge in [-0.05, 0) is 24.6 Å². The molecule has 0 amide bonds. The predicted molar refractivity (Wildman–Crippen MR) is 72.2 cm³/mol. The van der Waals surface area contributed by atoms with E-state index in [4.69, 9.17) is 5.73 Å². The number of pyridine rings is 1. The lowest BCUT2D eigenvalue weighted by Gasteiger charge is -2.20. The van der Waals surface area contributed by atoms with Gasteiger partial charge < -0.3 is 10.6 Å². The van der Waals surface area contributed by atoms with Gasteiger partial charge in [0.1, 0.15) is 5.82 Å². The van der Waals surface area contributed by atoms with E-state index in [2.05, 4.69) is 22.0 Å². The average Bonchev–Trinajstić information content (AvgIpc) is 2.64. The van der Waals surface area contributed by atoms with Gasteiger partial charge in [-0.2, -0.15) is 5.10 Å². The number of nitrogens with two attached hydrogens (primary N) is 1. The summed E-state index contributed by atoms with van der Waals surface area (Å²) < 4.78 is 1.89. The van der Waals surface area contributed by atoms with E-state index in [0.29, 0.717) is 6.54 Å². The standard InChI is InChI=1S/C13H19N5/c1-10-12(8-14)13(18(3)16-10)17(2)9-11-4-6-15-7-5-11/h4-7H,8-9,14H2,1-3H3. The molecular weight excluding hydrogens is 226 g/mol. The molecule has 18 heavy (non-hydrogen) atoms. The molecule has 0 aliphatic carbocycles. The van der Waals surface area contributed by atoms with Crippen LogP contribution >= 0.6 is 0 Å². The highest BCUT2D eigenvalue weighted by molar-refractivity contribution is 5.49. The summed E-state index contributed by atoms with van der Waals surface area (Å²) >= 11 is 0. The Labute approximate surface area is 107 Å². The van der Waals surface area contributed by atoms with Crippen LogP contribution in [0.2, 0.25) is 0 Å². The van der Waals surface area contributed by atoms with E-state index in [0.717, 1.165) is 23.6 Å². The first-order valence-corrected chi connectivity index (χ1v) is 5.96. The van der Waals surface area contributed by atoms with Gasteiger partial charge in [0.05, 0.1) is 5.69 Å². The smallest absolute Gasteiger partial charge is 0.131 e. The molecule has 2 N–H and O–H groups in total. The molecule has 96 valence electrons. The molecule has 0 radical (unpaired) electrons. The van der Waals surface area contributed by atoms with Crippen molar-refractivity contribution in [2.24, 2.45) is 12.8 Å². The zero-order chi connectivity index (χ0) is 13.1. The highest BCUT2D eigenvalue weighted by atomic mass is 15.4. The van der Waals surface area contributed by atoms with Gasteiger partial charge in [0, 0.05) is 45.1 Å². The van der Waals surface area contributed by atoms with E-state index in [1.54, 1.807) is 0 Å². The van der Waals surface area contributed by atoms with E-state index in [-0.39, 0.29) is 0 Å². The molecule has 2 rings (SSSR count). The topological polar surface area (TPSA) is 60.0 Å². The molecular formula is C13H19N5. The molecule has 0 aliphatic heterocycles. The van der Waals surface area contributed by atoms with Gasteiger partial charge in [0.2, 0.25) is 0 Å². The Bertz CT molecular complexity index is 518. The van der Waals surface area contributed by atoms with Gasteiger partial charge in [-0.15, -0.1) is 0 Å². The van der Waals surface area contributed by atoms with Crippen LogP contribution in [0.4, 0.5) is 5.82 Å². The van der Waals surface area contributed by atoms with Crippen LogP contribution in [0.15, 0.2) is 24.5 Å². The number of hydrogen-bond donors (Lipinski definition) is 1. The monoisotopic (exact) mass is 245 g/mol. The third-order valence-electron chi connectivity index (χ3n) is 3.05. The third kappa shape index (κ3) is 2.36. The van der Waals surface area contributed by atoms with E-state index >= 15 is 0 Å². The van der Waals surface area contributed by atoms with Crippen LogP contribution in [0.3, 0.4) is 0 Å². The Morgan fingerprint density at radius 1 is 1.33 bits per heavy atom. The number of rotatable bonds is 4. The maximum atomic E-state index is 5.81. The molecule has 2 aromatic rings. The molecule has 2 aromatic heterocycles. The fourth-order valence-corrected chi connectivity index (χ4v) is 2.24. The molecule has 5 heteroatoms. The molecule has 0 bridgehead atoms. The minimum absolute atomic E-state index is 0.510. The number of aryl methyl sites for hydroxylation is 2. The zero-order valence-corrected chi connectivity index (χ0v) is 11.1. The van der Waals surface area contributed by atoms with E-state index in [1.165, 1.54) is 5.56 Å². The fraction of sp³-hybridized carbons (Fsp3) is 0.385. The van der Waals surface area contributed by atoms with Gasteiger partial charge in [0.15, 0.2) is 0 Å². The summed E-state index contributed by atoms with van der Waals surface area (Å²) in [5.74, 6) is 1.08. The molecule has 0 unspecified atom stereocenters. The van der Waals surface area contributed by atoms with Crippen molar-refractivity contribution in [1.29, 1.82) is 0 Å². The van der Waals surface area contributed by atoms with E-state index < -0.39 is 0 Å². The number of aromatic nitrogens is 3. The Kier molecular flexibility index (Phi) is 3.62. The summed E-state index contributed by atoms with van der Waals surface area (Å²) in [4.78, 5) is 6.19. The van der Waals surface area contributed by atoms with Crippen molar-refractivity contribution in [1.82, 2.24) is 14.8 Å². The van der Waals surface area contributed by atoms with E-state index in [1.807, 2.05) is 43.2 Å². The highest BCUT2D eigenvalue weighted by Gasteiger charge is 2.15. The minimum Gasteiger partial charge on any atom is -0.355 e. The van der Waals surface area contributed by atoms with Gasteiger partial charge in [-0.25, -0.2) is 0 Å². The van der Waals surface area contributed by atoms with Crippen LogP contribution in [0.25, 0.3) is 0 Å². The van der Waals surface area contributed by atoms with Gasteiger partial charge in [0.25, 0.3) is 0 Å². The lowest BCUT2D eigenvalue weighted by molar-refractivity contribution is 0.725. The first-order chi connectivity index (χ1) is 8.63. The summed E-state index contributed by atoms with van der Waals surface area (Å²) in [6.45, 7) is 3.32. The number of hydrogen-bond acceptors (Lipinski definition) is 4. The Morgan fingerprint density at radius 3 is 2.61 bits per heavy atom. The lowest BCUT2D eigenvalue weighted by atomic mass is 10.2. The number of nitrogens with zero attached hydrogens (tertiary/aromatic N) is 4. The molecule has 2 heterocycles. The van der Waals surface area contributed by atoms with Crippen molar-refractivity contribution in [2.75, 3.05) is 11.9 Å². The zero-order valence-electron chi connectivity index (χ0n) is 11.1. The molecule has 0 aliphatic rings. The molecule has 0 saturated carbocycles. The molecule has 0 aromatic carbocycles. The maximum Gasteiger partial charge on any atom is 0.131 e. The molecule has 5 nitrogen and oxygen atoms in total. The largest absolute Gasteiger partial charge is 0.355 e. The van der Waals surface area contributed by atoms with Crippen LogP contribution < -0.4 is 10.6 Å². The normalized spacial score (nSPS) is 10.7. The van der Waals surface area contributed by atoms with Crippen LogP contribution in [0.1, 0.15) is 16.8 Å². The van der Waals surface area contributed by atoms with Crippen molar-refractivity contribution >= 4 is 5.82 Å². The van der Waals surface area contributed by atoms with Crippen LogP contribution in [-0.2, 0) is 20.1 Å². The van der Waals surface area contributed by atoms with Crippen molar-refractivity contribution < 1.29 is 0 Å². The quantitative estimate of drug-likeness (QED) is 0.880. The summed E-state index contributed by atoms with van der Waals surface area (Å²) in [5.41, 5.74) is 9.13. The highest BCUT2D eigenvalue weighted by Crippen LogP contribution is 2.22. The first-order valence-electron chi connectivity index (χ1n) is 5.96. The van der Waals surface area contributed by atoms with Crippen molar-refractivity contribution in [3.05, 3.63) is 41.3 Å². The van der Waals surface area contributed by atoms with Gasteiger partial charge >= 0.3 is 0 Å². The predicted octanol–water partition coefficient (Wildman–Crippen LogP) is 1.22. The van der Waals surface area contributed by atoms with Crippen LogP contribution in [-0.4, -0.2) is 21.8 Å². The summed E-state index contributed by atoms with van der Waals surface area (Å²) in [6, 6.07) is 4.03. The lowest BCUT2D eigenvalue weighted by Crippen LogP contribution is -2.21. The fourth-order valence-electron chi connectivity index (χ4n) is 2.24. The molecule has 0 atom stereocenters. The van der Waals surface area contributed by atoms with Gasteiger partial charge in [-0.1, -0.05) is 0 Å². The SMILES string of the molecule is Cc1nn(C)c(N(C)Cc2ccncc2)c1CN. The second-order valence-corrected chi connectivity index (χ2v) is 4.43. The molecule has 0 saturated heterocycles.